The molecule has 3 rings (SSSR count). The smallest absolute Gasteiger partial charge is 0.315 e. The maximum atomic E-state index is 12.2. The lowest BCUT2D eigenvalue weighted by Crippen LogP contribution is -2.43. The molecule has 6 nitrogen and oxygen atoms in total. The van der Waals surface area contributed by atoms with Crippen LogP contribution in [0.15, 0.2) is 66.3 Å². The molecule has 0 aliphatic rings. The van der Waals surface area contributed by atoms with E-state index in [-0.39, 0.29) is 18.6 Å². The third-order valence-electron chi connectivity index (χ3n) is 4.24. The first-order valence-electron chi connectivity index (χ1n) is 8.92. The van der Waals surface area contributed by atoms with Crippen molar-refractivity contribution in [3.05, 3.63) is 76.7 Å². The van der Waals surface area contributed by atoms with Crippen LogP contribution >= 0.6 is 11.3 Å². The molecule has 3 aromatic rings. The Morgan fingerprint density at radius 2 is 2.00 bits per heavy atom. The van der Waals surface area contributed by atoms with Gasteiger partial charge in [0.05, 0.1) is 18.8 Å². The van der Waals surface area contributed by atoms with Crippen molar-refractivity contribution in [2.45, 2.75) is 25.5 Å². The lowest BCUT2D eigenvalue weighted by molar-refractivity contribution is 0.0630. The normalized spacial score (nSPS) is 14.0. The van der Waals surface area contributed by atoms with E-state index >= 15 is 0 Å². The van der Waals surface area contributed by atoms with Crippen molar-refractivity contribution in [3.8, 4) is 11.5 Å². The average Bonchev–Trinajstić information content (AvgIpc) is 3.24. The number of hydrogen-bond donors (Lipinski definition) is 3. The molecule has 0 aliphatic heterocycles. The number of pyridine rings is 1. The maximum Gasteiger partial charge on any atom is 0.315 e. The van der Waals surface area contributed by atoms with Crippen molar-refractivity contribution in [3.63, 3.8) is 0 Å². The lowest BCUT2D eigenvalue weighted by Gasteiger charge is -2.23. The number of urea groups is 1. The summed E-state index contributed by atoms with van der Waals surface area (Å²) >= 11 is 1.46. The van der Waals surface area contributed by atoms with Gasteiger partial charge in [-0.15, -0.1) is 11.3 Å². The van der Waals surface area contributed by atoms with Crippen molar-refractivity contribution >= 4 is 17.4 Å². The zero-order valence-corrected chi connectivity index (χ0v) is 16.6. The summed E-state index contributed by atoms with van der Waals surface area (Å²) in [6.07, 6.45) is 3.34. The summed E-state index contributed by atoms with van der Waals surface area (Å²) in [5.41, 5.74) is -0.154. The summed E-state index contributed by atoms with van der Waals surface area (Å²) in [7, 11) is 0. The summed E-state index contributed by atoms with van der Waals surface area (Å²) in [6.45, 7) is 3.71. The number of aliphatic hydroxyl groups is 1. The van der Waals surface area contributed by atoms with E-state index in [2.05, 4.69) is 15.6 Å². The molecule has 2 aromatic heterocycles. The average molecular weight is 398 g/mol. The van der Waals surface area contributed by atoms with Crippen LogP contribution in [0.25, 0.3) is 0 Å². The van der Waals surface area contributed by atoms with Gasteiger partial charge in [0, 0.05) is 11.1 Å². The van der Waals surface area contributed by atoms with E-state index in [1.807, 2.05) is 60.8 Å². The standard InChI is InChI=1S/C21H23N3O3S/c1-15(24-20(25)23-14-21(2,26)19-6-4-12-28-19)16-7-9-17(10-8-16)27-18-5-3-11-22-13-18/h3-13,15,26H,14H2,1-2H3,(H2,23,24,25). The fraction of sp³-hybridized carbons (Fsp3) is 0.238. The number of benzene rings is 1. The summed E-state index contributed by atoms with van der Waals surface area (Å²) < 4.78 is 5.72. The molecule has 2 atom stereocenters. The van der Waals surface area contributed by atoms with E-state index in [9.17, 15) is 9.90 Å². The fourth-order valence-electron chi connectivity index (χ4n) is 2.62. The minimum atomic E-state index is -1.10. The second-order valence-electron chi connectivity index (χ2n) is 6.66. The highest BCUT2D eigenvalue weighted by Crippen LogP contribution is 2.25. The summed E-state index contributed by atoms with van der Waals surface area (Å²) in [5.74, 6) is 1.36. The second kappa shape index (κ2) is 8.86. The monoisotopic (exact) mass is 397 g/mol. The quantitative estimate of drug-likeness (QED) is 0.558. The third-order valence-corrected chi connectivity index (χ3v) is 5.37. The number of nitrogens with one attached hydrogen (secondary N) is 2. The van der Waals surface area contributed by atoms with Crippen molar-refractivity contribution in [2.24, 2.45) is 0 Å². The van der Waals surface area contributed by atoms with E-state index in [4.69, 9.17) is 4.74 Å². The number of carbonyl (C=O) groups excluding carboxylic acids is 1. The van der Waals surface area contributed by atoms with E-state index in [1.54, 1.807) is 19.3 Å². The molecular weight excluding hydrogens is 374 g/mol. The number of rotatable bonds is 7. The Balaban J connectivity index is 1.51. The second-order valence-corrected chi connectivity index (χ2v) is 7.61. The van der Waals surface area contributed by atoms with Crippen LogP contribution in [0.3, 0.4) is 0 Å². The maximum absolute atomic E-state index is 12.2. The van der Waals surface area contributed by atoms with E-state index in [0.717, 1.165) is 10.4 Å². The number of hydrogen-bond acceptors (Lipinski definition) is 5. The van der Waals surface area contributed by atoms with Crippen molar-refractivity contribution < 1.29 is 14.6 Å². The van der Waals surface area contributed by atoms with Gasteiger partial charge in [0.25, 0.3) is 0 Å². The molecule has 0 aliphatic carbocycles. The SMILES string of the molecule is CC(NC(=O)NCC(C)(O)c1cccs1)c1ccc(Oc2cccnc2)cc1. The first-order chi connectivity index (χ1) is 13.4. The first kappa shape index (κ1) is 19.9. The van der Waals surface area contributed by atoms with Crippen LogP contribution in [-0.4, -0.2) is 22.7 Å². The molecule has 0 saturated heterocycles. The highest BCUT2D eigenvalue weighted by molar-refractivity contribution is 7.10. The van der Waals surface area contributed by atoms with Gasteiger partial charge in [0.15, 0.2) is 0 Å². The molecule has 0 radical (unpaired) electrons. The van der Waals surface area contributed by atoms with Crippen molar-refractivity contribution in [2.75, 3.05) is 6.54 Å². The number of thiophene rings is 1. The van der Waals surface area contributed by atoms with Gasteiger partial charge in [-0.2, -0.15) is 0 Å². The molecule has 7 heteroatoms. The number of nitrogens with zero attached hydrogens (tertiary/aromatic N) is 1. The van der Waals surface area contributed by atoms with Crippen LogP contribution in [0.4, 0.5) is 4.79 Å². The van der Waals surface area contributed by atoms with Gasteiger partial charge in [0.2, 0.25) is 0 Å². The highest BCUT2D eigenvalue weighted by Gasteiger charge is 2.25. The Labute approximate surface area is 168 Å². The van der Waals surface area contributed by atoms with Crippen molar-refractivity contribution in [1.29, 1.82) is 0 Å². The molecule has 2 heterocycles. The van der Waals surface area contributed by atoms with Gasteiger partial charge in [-0.05, 0) is 55.1 Å². The fourth-order valence-corrected chi connectivity index (χ4v) is 3.41. The first-order valence-corrected chi connectivity index (χ1v) is 9.80. The molecule has 2 amide bonds. The van der Waals surface area contributed by atoms with Gasteiger partial charge in [-0.3, -0.25) is 4.98 Å². The van der Waals surface area contributed by atoms with Gasteiger partial charge in [-0.25, -0.2) is 4.79 Å². The van der Waals surface area contributed by atoms with Crippen LogP contribution in [0.2, 0.25) is 0 Å². The molecule has 2 unspecified atom stereocenters. The molecule has 3 N–H and O–H groups in total. The minimum Gasteiger partial charge on any atom is -0.456 e. The molecule has 1 aromatic carbocycles. The minimum absolute atomic E-state index is 0.129. The highest BCUT2D eigenvalue weighted by atomic mass is 32.1. The van der Waals surface area contributed by atoms with Crippen LogP contribution in [0, 0.1) is 0 Å². The van der Waals surface area contributed by atoms with Crippen LogP contribution in [0.1, 0.15) is 30.3 Å². The number of amides is 2. The van der Waals surface area contributed by atoms with Gasteiger partial charge in [-0.1, -0.05) is 18.2 Å². The number of aromatic nitrogens is 1. The summed E-state index contributed by atoms with van der Waals surface area (Å²) in [4.78, 5) is 17.0. The molecule has 0 fully saturated rings. The molecule has 146 valence electrons. The zero-order chi connectivity index (χ0) is 20.0. The number of ether oxygens (including phenoxy) is 1. The third kappa shape index (κ3) is 5.31. The van der Waals surface area contributed by atoms with Crippen molar-refractivity contribution in [1.82, 2.24) is 15.6 Å². The Morgan fingerprint density at radius 3 is 2.64 bits per heavy atom. The summed E-state index contributed by atoms with van der Waals surface area (Å²) in [6, 6.07) is 14.3. The predicted octanol–water partition coefficient (Wildman–Crippen LogP) is 4.20. The van der Waals surface area contributed by atoms with E-state index in [0.29, 0.717) is 11.5 Å². The Kier molecular flexibility index (Phi) is 6.28. The largest absolute Gasteiger partial charge is 0.456 e. The predicted molar refractivity (Wildman–Crippen MR) is 110 cm³/mol. The zero-order valence-electron chi connectivity index (χ0n) is 15.8. The lowest BCUT2D eigenvalue weighted by atomic mass is 10.1. The van der Waals surface area contributed by atoms with Crippen LogP contribution in [-0.2, 0) is 5.60 Å². The van der Waals surface area contributed by atoms with Gasteiger partial charge < -0.3 is 20.5 Å². The van der Waals surface area contributed by atoms with Gasteiger partial charge in [0.1, 0.15) is 17.1 Å². The molecular formula is C21H23N3O3S. The topological polar surface area (TPSA) is 83.5 Å². The Bertz CT molecular complexity index is 881. The Morgan fingerprint density at radius 1 is 1.21 bits per heavy atom. The molecule has 0 bridgehead atoms. The van der Waals surface area contributed by atoms with E-state index in [1.165, 1.54) is 11.3 Å². The molecule has 0 spiro atoms. The Hall–Kier alpha value is -2.90. The van der Waals surface area contributed by atoms with Gasteiger partial charge >= 0.3 is 6.03 Å². The van der Waals surface area contributed by atoms with E-state index < -0.39 is 5.60 Å². The summed E-state index contributed by atoms with van der Waals surface area (Å²) in [5, 5.41) is 18.0. The number of carbonyl (C=O) groups is 1. The van der Waals surface area contributed by atoms with Crippen LogP contribution < -0.4 is 15.4 Å². The molecule has 0 saturated carbocycles. The van der Waals surface area contributed by atoms with Crippen LogP contribution in [0.5, 0.6) is 11.5 Å². The molecule has 28 heavy (non-hydrogen) atoms.